The van der Waals surface area contributed by atoms with Crippen LogP contribution in [0.3, 0.4) is 0 Å². The number of carboxylic acid groups (broad SMARTS) is 1. The van der Waals surface area contributed by atoms with Crippen LogP contribution >= 0.6 is 0 Å². The standard InChI is InChI=1S/C24H30N2O11/c25-14(22(33)26-15(23(34)35)8-12-3-6-16(28)17(29)9-12)7-11-1-4-13(5-2-11)36-24-21(32)20(31)19(30)18(10-27)37-24/h1-6,9,14-15,18-21,24,27-32H,7-8,10,25H2,(H,26,33)(H,34,35)/t14?,15?,18-,19-,20+,21-,24-/m1/s1. The number of aliphatic hydroxyl groups excluding tert-OH is 4. The van der Waals surface area contributed by atoms with E-state index in [0.717, 1.165) is 0 Å². The van der Waals surface area contributed by atoms with Gasteiger partial charge in [0, 0.05) is 6.42 Å². The van der Waals surface area contributed by atoms with Crippen LogP contribution in [0.15, 0.2) is 42.5 Å². The first-order valence-electron chi connectivity index (χ1n) is 11.4. The summed E-state index contributed by atoms with van der Waals surface area (Å²) >= 11 is 0. The summed E-state index contributed by atoms with van der Waals surface area (Å²) in [4.78, 5) is 24.2. The summed E-state index contributed by atoms with van der Waals surface area (Å²) < 4.78 is 10.8. The van der Waals surface area contributed by atoms with E-state index in [1.54, 1.807) is 12.1 Å². The summed E-state index contributed by atoms with van der Waals surface area (Å²) in [5.41, 5.74) is 6.95. The molecule has 0 spiro atoms. The minimum Gasteiger partial charge on any atom is -0.504 e. The number of nitrogens with one attached hydrogen (secondary N) is 1. The molecule has 0 aromatic heterocycles. The number of nitrogens with two attached hydrogens (primary N) is 1. The summed E-state index contributed by atoms with van der Waals surface area (Å²) in [6, 6.07) is 7.58. The molecule has 1 saturated heterocycles. The van der Waals surface area contributed by atoms with Gasteiger partial charge in [-0.2, -0.15) is 0 Å². The van der Waals surface area contributed by atoms with E-state index in [4.69, 9.17) is 15.2 Å². The van der Waals surface area contributed by atoms with Crippen LogP contribution in [0, 0.1) is 0 Å². The van der Waals surface area contributed by atoms with E-state index in [1.165, 1.54) is 30.3 Å². The number of hydrogen-bond donors (Lipinski definition) is 9. The molecule has 2 unspecified atom stereocenters. The number of phenolic OH excluding ortho intramolecular Hbond substituents is 2. The second kappa shape index (κ2) is 12.2. The van der Waals surface area contributed by atoms with Gasteiger partial charge in [0.05, 0.1) is 12.6 Å². The highest BCUT2D eigenvalue weighted by molar-refractivity contribution is 5.87. The lowest BCUT2D eigenvalue weighted by molar-refractivity contribution is -0.277. The van der Waals surface area contributed by atoms with Gasteiger partial charge in [-0.25, -0.2) is 4.79 Å². The van der Waals surface area contributed by atoms with Crippen molar-refractivity contribution in [3.05, 3.63) is 53.6 Å². The summed E-state index contributed by atoms with van der Waals surface area (Å²) in [6.45, 7) is -0.593. The molecule has 1 fully saturated rings. The van der Waals surface area contributed by atoms with E-state index >= 15 is 0 Å². The molecule has 13 nitrogen and oxygen atoms in total. The van der Waals surface area contributed by atoms with Crippen LogP contribution in [-0.4, -0.2) is 97.0 Å². The first-order valence-corrected chi connectivity index (χ1v) is 11.4. The SMILES string of the molecule is NC(Cc1ccc(O[C@@H]2O[C@H](CO)[C@@H](O)[C@H](O)[C@H]2O)cc1)C(=O)NC(Cc1ccc(O)c(O)c1)C(=O)O. The highest BCUT2D eigenvalue weighted by Gasteiger charge is 2.44. The van der Waals surface area contributed by atoms with E-state index < -0.39 is 67.0 Å². The highest BCUT2D eigenvalue weighted by atomic mass is 16.7. The summed E-state index contributed by atoms with van der Waals surface area (Å²) in [7, 11) is 0. The Morgan fingerprint density at radius 3 is 2.19 bits per heavy atom. The van der Waals surface area contributed by atoms with Crippen LogP contribution in [-0.2, 0) is 27.2 Å². The Labute approximate surface area is 211 Å². The van der Waals surface area contributed by atoms with Crippen LogP contribution in [0.1, 0.15) is 11.1 Å². The number of hydrogen-bond acceptors (Lipinski definition) is 11. The van der Waals surface area contributed by atoms with Gasteiger partial charge in [0.2, 0.25) is 12.2 Å². The Bertz CT molecular complexity index is 1080. The maximum Gasteiger partial charge on any atom is 0.326 e. The van der Waals surface area contributed by atoms with Gasteiger partial charge in [-0.15, -0.1) is 0 Å². The second-order valence-electron chi connectivity index (χ2n) is 8.70. The van der Waals surface area contributed by atoms with Gasteiger partial charge < -0.3 is 56.3 Å². The van der Waals surface area contributed by atoms with Crippen molar-refractivity contribution in [3.63, 3.8) is 0 Å². The predicted molar refractivity (Wildman–Crippen MR) is 126 cm³/mol. The van der Waals surface area contributed by atoms with Gasteiger partial charge >= 0.3 is 5.97 Å². The first kappa shape index (κ1) is 28.1. The molecule has 3 rings (SSSR count). The Morgan fingerprint density at radius 2 is 1.59 bits per heavy atom. The number of rotatable bonds is 10. The van der Waals surface area contributed by atoms with Crippen molar-refractivity contribution in [1.29, 1.82) is 0 Å². The number of phenols is 2. The minimum atomic E-state index is -1.58. The lowest BCUT2D eigenvalue weighted by atomic mass is 9.99. The average Bonchev–Trinajstić information content (AvgIpc) is 2.87. The zero-order valence-electron chi connectivity index (χ0n) is 19.5. The molecule has 10 N–H and O–H groups in total. The smallest absolute Gasteiger partial charge is 0.326 e. The lowest BCUT2D eigenvalue weighted by Crippen LogP contribution is -2.60. The molecule has 2 aromatic carbocycles. The number of carbonyl (C=O) groups excluding carboxylic acids is 1. The maximum absolute atomic E-state index is 12.5. The summed E-state index contributed by atoms with van der Waals surface area (Å²) in [6.07, 6.45) is -7.22. The largest absolute Gasteiger partial charge is 0.504 e. The van der Waals surface area contributed by atoms with Gasteiger partial charge in [0.25, 0.3) is 0 Å². The van der Waals surface area contributed by atoms with Crippen LogP contribution in [0.2, 0.25) is 0 Å². The van der Waals surface area contributed by atoms with E-state index in [1.807, 2.05) is 0 Å². The molecular weight excluding hydrogens is 492 g/mol. The number of benzene rings is 2. The van der Waals surface area contributed by atoms with E-state index in [2.05, 4.69) is 5.32 Å². The fourth-order valence-corrected chi connectivity index (χ4v) is 3.76. The van der Waals surface area contributed by atoms with Crippen LogP contribution in [0.4, 0.5) is 0 Å². The molecule has 0 saturated carbocycles. The number of ether oxygens (including phenoxy) is 2. The third-order valence-electron chi connectivity index (χ3n) is 5.91. The zero-order valence-corrected chi connectivity index (χ0v) is 19.5. The van der Waals surface area contributed by atoms with Crippen molar-refractivity contribution in [3.8, 4) is 17.2 Å². The Morgan fingerprint density at radius 1 is 0.946 bits per heavy atom. The van der Waals surface area contributed by atoms with Crippen molar-refractivity contribution in [2.24, 2.45) is 5.73 Å². The predicted octanol–water partition coefficient (Wildman–Crippen LogP) is -2.04. The van der Waals surface area contributed by atoms with Crippen molar-refractivity contribution in [1.82, 2.24) is 5.32 Å². The fourth-order valence-electron chi connectivity index (χ4n) is 3.76. The molecule has 2 aromatic rings. The maximum atomic E-state index is 12.5. The van der Waals surface area contributed by atoms with Crippen LogP contribution in [0.25, 0.3) is 0 Å². The zero-order chi connectivity index (χ0) is 27.3. The van der Waals surface area contributed by atoms with Crippen LogP contribution < -0.4 is 15.8 Å². The Balaban J connectivity index is 1.57. The molecule has 13 heteroatoms. The number of aliphatic hydroxyl groups is 4. The van der Waals surface area contributed by atoms with Crippen molar-refractivity contribution in [2.45, 2.75) is 55.6 Å². The monoisotopic (exact) mass is 522 g/mol. The third kappa shape index (κ3) is 7.07. The number of aromatic hydroxyl groups is 2. The molecule has 37 heavy (non-hydrogen) atoms. The van der Waals surface area contributed by atoms with Gasteiger partial charge in [-0.05, 0) is 41.8 Å². The van der Waals surface area contributed by atoms with E-state index in [0.29, 0.717) is 11.1 Å². The van der Waals surface area contributed by atoms with E-state index in [-0.39, 0.29) is 24.3 Å². The first-order chi connectivity index (χ1) is 17.5. The van der Waals surface area contributed by atoms with Gasteiger partial charge in [0.15, 0.2) is 11.5 Å². The summed E-state index contributed by atoms with van der Waals surface area (Å²) in [5, 5.41) is 69.9. The number of amides is 1. The molecule has 0 radical (unpaired) electrons. The number of aliphatic carboxylic acids is 1. The third-order valence-corrected chi connectivity index (χ3v) is 5.91. The van der Waals surface area contributed by atoms with Gasteiger partial charge in [-0.3, -0.25) is 4.79 Å². The van der Waals surface area contributed by atoms with Gasteiger partial charge in [-0.1, -0.05) is 18.2 Å². The molecular formula is C24H30N2O11. The number of carbonyl (C=O) groups is 2. The Hall–Kier alpha value is -3.46. The molecule has 7 atom stereocenters. The highest BCUT2D eigenvalue weighted by Crippen LogP contribution is 2.26. The molecule has 1 aliphatic heterocycles. The van der Waals surface area contributed by atoms with E-state index in [9.17, 15) is 45.3 Å². The molecule has 1 heterocycles. The molecule has 0 aliphatic carbocycles. The number of carboxylic acids is 1. The average molecular weight is 523 g/mol. The molecule has 1 amide bonds. The summed E-state index contributed by atoms with van der Waals surface area (Å²) in [5.74, 6) is -2.55. The fraction of sp³-hybridized carbons (Fsp3) is 0.417. The topological polar surface area (TPSA) is 232 Å². The minimum absolute atomic E-state index is 0.0541. The molecule has 0 bridgehead atoms. The van der Waals surface area contributed by atoms with Crippen molar-refractivity contribution >= 4 is 11.9 Å². The lowest BCUT2D eigenvalue weighted by Gasteiger charge is -2.39. The molecule has 202 valence electrons. The quantitative estimate of drug-likeness (QED) is 0.154. The van der Waals surface area contributed by atoms with Crippen molar-refractivity contribution < 1.29 is 54.8 Å². The molecule has 1 aliphatic rings. The normalized spacial score (nSPS) is 25.2. The Kier molecular flexibility index (Phi) is 9.26. The van der Waals surface area contributed by atoms with Crippen LogP contribution in [0.5, 0.6) is 17.2 Å². The van der Waals surface area contributed by atoms with Gasteiger partial charge in [0.1, 0.15) is 36.2 Å². The second-order valence-corrected chi connectivity index (χ2v) is 8.70. The van der Waals surface area contributed by atoms with Crippen molar-refractivity contribution in [2.75, 3.05) is 6.61 Å².